The van der Waals surface area contributed by atoms with Crippen LogP contribution >= 0.6 is 22.9 Å². The van der Waals surface area contributed by atoms with Gasteiger partial charge in [-0.2, -0.15) is 0 Å². The summed E-state index contributed by atoms with van der Waals surface area (Å²) >= 11 is 7.29. The number of rotatable bonds is 3. The first kappa shape index (κ1) is 16.7. The number of hydrogen-bond acceptors (Lipinski definition) is 5. The topological polar surface area (TPSA) is 84.3 Å². The van der Waals surface area contributed by atoms with Crippen molar-refractivity contribution in [2.45, 2.75) is 6.54 Å². The molecule has 1 aliphatic heterocycles. The number of fused-ring (bicyclic) bond motifs is 1. The molecule has 0 radical (unpaired) electrons. The molecule has 0 spiro atoms. The summed E-state index contributed by atoms with van der Waals surface area (Å²) < 4.78 is 1.24. The average molecular weight is 389 g/mol. The maximum Gasteiger partial charge on any atom is 0.324 e. The van der Waals surface area contributed by atoms with Gasteiger partial charge < -0.3 is 5.32 Å². The zero-order chi connectivity index (χ0) is 18.3. The van der Waals surface area contributed by atoms with Gasteiger partial charge in [-0.05, 0) is 17.7 Å². The normalized spacial score (nSPS) is 14.0. The number of carbonyl (C=O) groups excluding carboxylic acids is 2. The van der Waals surface area contributed by atoms with Gasteiger partial charge in [0.1, 0.15) is 11.4 Å². The second kappa shape index (κ2) is 6.54. The van der Waals surface area contributed by atoms with E-state index in [-0.39, 0.29) is 12.1 Å². The maximum atomic E-state index is 12.9. The molecule has 2 aromatic heterocycles. The van der Waals surface area contributed by atoms with Crippen molar-refractivity contribution in [3.05, 3.63) is 51.3 Å². The molecule has 26 heavy (non-hydrogen) atoms. The van der Waals surface area contributed by atoms with Crippen LogP contribution in [0.5, 0.6) is 0 Å². The van der Waals surface area contributed by atoms with Crippen LogP contribution in [0.3, 0.4) is 0 Å². The number of amides is 3. The van der Waals surface area contributed by atoms with Crippen molar-refractivity contribution in [1.29, 1.82) is 0 Å². The van der Waals surface area contributed by atoms with Crippen LogP contribution in [-0.2, 0) is 11.3 Å². The first-order valence-electron chi connectivity index (χ1n) is 7.85. The summed E-state index contributed by atoms with van der Waals surface area (Å²) in [6.07, 6.45) is 1.35. The molecule has 0 atom stereocenters. The number of benzene rings is 1. The van der Waals surface area contributed by atoms with E-state index in [2.05, 4.69) is 10.3 Å². The molecule has 1 aliphatic rings. The van der Waals surface area contributed by atoms with E-state index in [4.69, 9.17) is 11.6 Å². The van der Waals surface area contributed by atoms with Crippen LogP contribution < -0.4 is 10.9 Å². The monoisotopic (exact) mass is 388 g/mol. The van der Waals surface area contributed by atoms with Crippen molar-refractivity contribution in [2.75, 3.05) is 13.1 Å². The maximum absolute atomic E-state index is 12.9. The molecule has 1 N–H and O–H groups in total. The number of aromatic nitrogens is 2. The van der Waals surface area contributed by atoms with Crippen molar-refractivity contribution >= 4 is 45.1 Å². The summed E-state index contributed by atoms with van der Waals surface area (Å²) in [4.78, 5) is 42.8. The molecule has 1 saturated heterocycles. The zero-order valence-corrected chi connectivity index (χ0v) is 15.0. The van der Waals surface area contributed by atoms with E-state index in [0.29, 0.717) is 28.3 Å². The molecule has 9 heteroatoms. The number of urea groups is 1. The van der Waals surface area contributed by atoms with E-state index in [0.717, 1.165) is 16.0 Å². The quantitative estimate of drug-likeness (QED) is 0.746. The molecule has 7 nitrogen and oxygen atoms in total. The number of thiophene rings is 1. The Morgan fingerprint density at radius 2 is 2.04 bits per heavy atom. The van der Waals surface area contributed by atoms with Crippen LogP contribution in [0.4, 0.5) is 4.79 Å². The fraction of sp³-hybridized carbons (Fsp3) is 0.176. The molecule has 132 valence electrons. The second-order valence-corrected chi connectivity index (χ2v) is 7.09. The molecule has 3 aromatic rings. The van der Waals surface area contributed by atoms with Gasteiger partial charge in [-0.3, -0.25) is 19.1 Å². The van der Waals surface area contributed by atoms with E-state index < -0.39 is 11.9 Å². The Balaban J connectivity index is 1.73. The zero-order valence-electron chi connectivity index (χ0n) is 13.4. The van der Waals surface area contributed by atoms with Crippen molar-refractivity contribution in [1.82, 2.24) is 19.8 Å². The molecule has 1 fully saturated rings. The summed E-state index contributed by atoms with van der Waals surface area (Å²) in [7, 11) is 0. The fourth-order valence-corrected chi connectivity index (χ4v) is 3.90. The SMILES string of the molecule is O=C(Cn1cnc2scc(-c3ccc(Cl)cc3)c2c1=O)N1CCNC1=O. The van der Waals surface area contributed by atoms with Gasteiger partial charge in [-0.1, -0.05) is 23.7 Å². The number of nitrogens with zero attached hydrogens (tertiary/aromatic N) is 3. The van der Waals surface area contributed by atoms with Crippen LogP contribution in [0.15, 0.2) is 40.8 Å². The van der Waals surface area contributed by atoms with Gasteiger partial charge >= 0.3 is 6.03 Å². The minimum absolute atomic E-state index is 0.231. The number of hydrogen-bond donors (Lipinski definition) is 1. The average Bonchev–Trinajstić information content (AvgIpc) is 3.25. The lowest BCUT2D eigenvalue weighted by molar-refractivity contribution is -0.128. The smallest absolute Gasteiger partial charge is 0.324 e. The minimum Gasteiger partial charge on any atom is -0.336 e. The summed E-state index contributed by atoms with van der Waals surface area (Å²) in [6.45, 7) is 0.490. The Bertz CT molecular complexity index is 1070. The third-order valence-electron chi connectivity index (χ3n) is 4.18. The van der Waals surface area contributed by atoms with Crippen molar-refractivity contribution in [3.63, 3.8) is 0 Å². The first-order chi connectivity index (χ1) is 12.5. The first-order valence-corrected chi connectivity index (χ1v) is 9.11. The van der Waals surface area contributed by atoms with Gasteiger partial charge in [0.15, 0.2) is 0 Å². The molecule has 1 aromatic carbocycles. The molecular weight excluding hydrogens is 376 g/mol. The van der Waals surface area contributed by atoms with Crippen molar-refractivity contribution in [3.8, 4) is 11.1 Å². The van der Waals surface area contributed by atoms with Crippen molar-refractivity contribution in [2.24, 2.45) is 0 Å². The van der Waals surface area contributed by atoms with E-state index in [1.54, 1.807) is 12.1 Å². The highest BCUT2D eigenvalue weighted by Crippen LogP contribution is 2.31. The number of halogens is 1. The molecule has 3 heterocycles. The Morgan fingerprint density at radius 1 is 1.27 bits per heavy atom. The molecule has 0 saturated carbocycles. The van der Waals surface area contributed by atoms with Crippen LogP contribution in [0, 0.1) is 0 Å². The predicted molar refractivity (Wildman–Crippen MR) is 99.4 cm³/mol. The van der Waals surface area contributed by atoms with Crippen molar-refractivity contribution < 1.29 is 9.59 Å². The highest BCUT2D eigenvalue weighted by Gasteiger charge is 2.26. The molecule has 0 bridgehead atoms. The van der Waals surface area contributed by atoms with Crippen LogP contribution in [0.2, 0.25) is 5.02 Å². The highest BCUT2D eigenvalue weighted by molar-refractivity contribution is 7.17. The van der Waals surface area contributed by atoms with E-state index in [1.165, 1.54) is 22.2 Å². The Morgan fingerprint density at radius 3 is 2.73 bits per heavy atom. The van der Waals surface area contributed by atoms with E-state index in [9.17, 15) is 14.4 Å². The molecule has 0 aliphatic carbocycles. The van der Waals surface area contributed by atoms with Gasteiger partial charge in [0.2, 0.25) is 0 Å². The third-order valence-corrected chi connectivity index (χ3v) is 5.32. The van der Waals surface area contributed by atoms with E-state index in [1.807, 2.05) is 17.5 Å². The largest absolute Gasteiger partial charge is 0.336 e. The summed E-state index contributed by atoms with van der Waals surface area (Å²) in [5.74, 6) is -0.438. The lowest BCUT2D eigenvalue weighted by Crippen LogP contribution is -2.38. The predicted octanol–water partition coefficient (Wildman–Crippen LogP) is 2.33. The second-order valence-electron chi connectivity index (χ2n) is 5.79. The summed E-state index contributed by atoms with van der Waals surface area (Å²) in [5.41, 5.74) is 1.29. The lowest BCUT2D eigenvalue weighted by Gasteiger charge is -2.13. The van der Waals surface area contributed by atoms with E-state index >= 15 is 0 Å². The number of nitrogens with one attached hydrogen (secondary N) is 1. The third kappa shape index (κ3) is 2.87. The Hall–Kier alpha value is -2.71. The fourth-order valence-electron chi connectivity index (χ4n) is 2.86. The number of imide groups is 1. The number of carbonyl (C=O) groups is 2. The lowest BCUT2D eigenvalue weighted by atomic mass is 10.1. The highest BCUT2D eigenvalue weighted by atomic mass is 35.5. The summed E-state index contributed by atoms with van der Waals surface area (Å²) in [6, 6.07) is 6.74. The van der Waals surface area contributed by atoms with Crippen LogP contribution in [0.1, 0.15) is 0 Å². The van der Waals surface area contributed by atoms with Gasteiger partial charge in [-0.15, -0.1) is 11.3 Å². The standard InChI is InChI=1S/C17H13ClN4O3S/c18-11-3-1-10(2-4-11)12-8-26-15-14(12)16(24)21(9-20-15)7-13(23)22-6-5-19-17(22)25/h1-4,8-9H,5-7H2,(H,19,25). The summed E-state index contributed by atoms with van der Waals surface area (Å²) in [5, 5.41) is 5.50. The molecule has 3 amide bonds. The van der Waals surface area contributed by atoms with Gasteiger partial charge in [-0.25, -0.2) is 9.78 Å². The van der Waals surface area contributed by atoms with Gasteiger partial charge in [0, 0.05) is 29.1 Å². The molecule has 4 rings (SSSR count). The molecular formula is C17H13ClN4O3S. The Kier molecular flexibility index (Phi) is 4.21. The van der Waals surface area contributed by atoms with Gasteiger partial charge in [0.05, 0.1) is 11.7 Å². The Labute approximate surface area is 156 Å². The minimum atomic E-state index is -0.438. The van der Waals surface area contributed by atoms with Crippen LogP contribution in [-0.4, -0.2) is 39.5 Å². The molecule has 0 unspecified atom stereocenters. The van der Waals surface area contributed by atoms with Gasteiger partial charge in [0.25, 0.3) is 11.5 Å². The van der Waals surface area contributed by atoms with Crippen LogP contribution in [0.25, 0.3) is 21.3 Å².